The van der Waals surface area contributed by atoms with Gasteiger partial charge in [0.1, 0.15) is 11.4 Å². The molecule has 0 aliphatic carbocycles. The summed E-state index contributed by atoms with van der Waals surface area (Å²) in [7, 11) is 1.51. The fraction of sp³-hybridized carbons (Fsp3) is 0.0909. The lowest BCUT2D eigenvalue weighted by Gasteiger charge is -2.18. The first-order valence-corrected chi connectivity index (χ1v) is 10.1. The van der Waals surface area contributed by atoms with Crippen molar-refractivity contribution >= 4 is 51.7 Å². The number of carbonyl (C=O) groups excluding carboxylic acids is 2. The molecule has 2 heterocycles. The first-order chi connectivity index (χ1) is 14.0. The summed E-state index contributed by atoms with van der Waals surface area (Å²) in [5.41, 5.74) is 2.41. The van der Waals surface area contributed by atoms with E-state index in [0.29, 0.717) is 32.6 Å². The lowest BCUT2D eigenvalue weighted by Crippen LogP contribution is -2.32. The SMILES string of the molecule is COc1ccccc1N1C(=O)C(Nc2cccc(Cl)c2C)=C(c2cccs2)C1=O. The third-order valence-electron chi connectivity index (χ3n) is 4.70. The van der Waals surface area contributed by atoms with Crippen molar-refractivity contribution in [3.8, 4) is 5.75 Å². The average Bonchev–Trinajstić information content (AvgIpc) is 3.32. The molecule has 7 heteroatoms. The fourth-order valence-electron chi connectivity index (χ4n) is 3.21. The zero-order valence-corrected chi connectivity index (χ0v) is 17.3. The van der Waals surface area contributed by atoms with Gasteiger partial charge in [-0.15, -0.1) is 11.3 Å². The molecule has 2 aromatic carbocycles. The lowest BCUT2D eigenvalue weighted by molar-refractivity contribution is -0.120. The highest BCUT2D eigenvalue weighted by atomic mass is 35.5. The van der Waals surface area contributed by atoms with E-state index in [9.17, 15) is 9.59 Å². The van der Waals surface area contributed by atoms with Crippen LogP contribution in [0.3, 0.4) is 0 Å². The molecule has 1 aromatic heterocycles. The van der Waals surface area contributed by atoms with E-state index in [1.54, 1.807) is 36.4 Å². The Balaban J connectivity index is 1.84. The highest BCUT2D eigenvalue weighted by molar-refractivity contribution is 7.11. The summed E-state index contributed by atoms with van der Waals surface area (Å²) in [5, 5.41) is 5.60. The number of rotatable bonds is 5. The van der Waals surface area contributed by atoms with Crippen LogP contribution < -0.4 is 15.0 Å². The predicted molar refractivity (Wildman–Crippen MR) is 117 cm³/mol. The minimum atomic E-state index is -0.442. The molecule has 0 fully saturated rings. The van der Waals surface area contributed by atoms with Crippen LogP contribution in [0, 0.1) is 6.92 Å². The van der Waals surface area contributed by atoms with Gasteiger partial charge in [0.25, 0.3) is 11.8 Å². The molecule has 0 bridgehead atoms. The Morgan fingerprint density at radius 3 is 2.52 bits per heavy atom. The molecule has 4 rings (SSSR count). The van der Waals surface area contributed by atoms with E-state index in [0.717, 1.165) is 10.5 Å². The van der Waals surface area contributed by atoms with Crippen LogP contribution in [0.5, 0.6) is 5.75 Å². The number of anilines is 2. The van der Waals surface area contributed by atoms with E-state index < -0.39 is 11.8 Å². The number of halogens is 1. The van der Waals surface area contributed by atoms with Crippen molar-refractivity contribution in [2.75, 3.05) is 17.3 Å². The van der Waals surface area contributed by atoms with E-state index >= 15 is 0 Å². The minimum Gasteiger partial charge on any atom is -0.495 e. The second kappa shape index (κ2) is 7.73. The second-order valence-electron chi connectivity index (χ2n) is 6.38. The van der Waals surface area contributed by atoms with E-state index in [4.69, 9.17) is 16.3 Å². The van der Waals surface area contributed by atoms with Crippen molar-refractivity contribution in [2.45, 2.75) is 6.92 Å². The molecular formula is C22H17ClN2O3S. The van der Waals surface area contributed by atoms with Crippen LogP contribution in [-0.4, -0.2) is 18.9 Å². The van der Waals surface area contributed by atoms with Gasteiger partial charge in [0.05, 0.1) is 18.4 Å². The number of thiophene rings is 1. The summed E-state index contributed by atoms with van der Waals surface area (Å²) in [6.07, 6.45) is 0. The van der Waals surface area contributed by atoms with Gasteiger partial charge in [0, 0.05) is 15.6 Å². The van der Waals surface area contributed by atoms with Gasteiger partial charge in [-0.1, -0.05) is 35.9 Å². The third-order valence-corrected chi connectivity index (χ3v) is 6.00. The zero-order chi connectivity index (χ0) is 20.5. The van der Waals surface area contributed by atoms with Crippen LogP contribution >= 0.6 is 22.9 Å². The maximum atomic E-state index is 13.4. The molecule has 1 N–H and O–H groups in total. The highest BCUT2D eigenvalue weighted by Crippen LogP contribution is 2.39. The largest absolute Gasteiger partial charge is 0.495 e. The number of nitrogens with one attached hydrogen (secondary N) is 1. The number of ether oxygens (including phenoxy) is 1. The van der Waals surface area contributed by atoms with Crippen LogP contribution in [0.15, 0.2) is 65.7 Å². The number of nitrogens with zero attached hydrogens (tertiary/aromatic N) is 1. The lowest BCUT2D eigenvalue weighted by atomic mass is 10.1. The first kappa shape index (κ1) is 19.2. The first-order valence-electron chi connectivity index (χ1n) is 8.85. The molecule has 0 spiro atoms. The number of para-hydroxylation sites is 2. The average molecular weight is 425 g/mol. The maximum absolute atomic E-state index is 13.4. The molecule has 2 amide bonds. The quantitative estimate of drug-likeness (QED) is 0.578. The number of methoxy groups -OCH3 is 1. The Bertz CT molecular complexity index is 1140. The fourth-order valence-corrected chi connectivity index (χ4v) is 4.15. The summed E-state index contributed by atoms with van der Waals surface area (Å²) < 4.78 is 5.37. The summed E-state index contributed by atoms with van der Waals surface area (Å²) in [6.45, 7) is 1.86. The normalized spacial score (nSPS) is 14.0. The van der Waals surface area contributed by atoms with Crippen LogP contribution in [0.2, 0.25) is 5.02 Å². The summed E-state index contributed by atoms with van der Waals surface area (Å²) in [6, 6.07) is 16.0. The topological polar surface area (TPSA) is 58.6 Å². The Hall–Kier alpha value is -3.09. The van der Waals surface area contributed by atoms with Crippen molar-refractivity contribution in [1.82, 2.24) is 0 Å². The summed E-state index contributed by atoms with van der Waals surface area (Å²) in [4.78, 5) is 28.6. The van der Waals surface area contributed by atoms with Crippen LogP contribution in [0.1, 0.15) is 10.4 Å². The number of hydrogen-bond acceptors (Lipinski definition) is 5. The molecule has 1 aliphatic rings. The second-order valence-corrected chi connectivity index (χ2v) is 7.74. The molecule has 29 heavy (non-hydrogen) atoms. The van der Waals surface area contributed by atoms with Crippen LogP contribution in [-0.2, 0) is 9.59 Å². The van der Waals surface area contributed by atoms with Crippen LogP contribution in [0.4, 0.5) is 11.4 Å². The molecular weight excluding hydrogens is 408 g/mol. The standard InChI is InChI=1S/C22H17ClN2O3S/c1-13-14(23)7-5-8-15(13)24-20-19(18-11-6-12-29-18)21(26)25(22(20)27)16-9-3-4-10-17(16)28-2/h3-12,24H,1-2H3. The van der Waals surface area contributed by atoms with Crippen LogP contribution in [0.25, 0.3) is 5.57 Å². The molecule has 0 unspecified atom stereocenters. The number of benzene rings is 2. The summed E-state index contributed by atoms with van der Waals surface area (Å²) in [5.74, 6) is -0.397. The predicted octanol–water partition coefficient (Wildman–Crippen LogP) is 5.12. The molecule has 3 aromatic rings. The van der Waals surface area contributed by atoms with Crippen molar-refractivity contribution < 1.29 is 14.3 Å². The van der Waals surface area contributed by atoms with Crippen molar-refractivity contribution in [2.24, 2.45) is 0 Å². The van der Waals surface area contributed by atoms with E-state index in [2.05, 4.69) is 5.32 Å². The van der Waals surface area contributed by atoms with Crippen molar-refractivity contribution in [3.63, 3.8) is 0 Å². The Kier molecular flexibility index (Phi) is 5.13. The molecule has 5 nitrogen and oxygen atoms in total. The number of amides is 2. The molecule has 1 aliphatic heterocycles. The monoisotopic (exact) mass is 424 g/mol. The van der Waals surface area contributed by atoms with Gasteiger partial charge in [-0.25, -0.2) is 4.90 Å². The third kappa shape index (κ3) is 3.30. The van der Waals surface area contributed by atoms with Gasteiger partial charge in [0.2, 0.25) is 0 Å². The Morgan fingerprint density at radius 1 is 1.00 bits per heavy atom. The van der Waals surface area contributed by atoms with Gasteiger partial charge in [-0.2, -0.15) is 0 Å². The maximum Gasteiger partial charge on any atom is 0.282 e. The Morgan fingerprint density at radius 2 is 1.79 bits per heavy atom. The van der Waals surface area contributed by atoms with Gasteiger partial charge in [-0.05, 0) is 48.2 Å². The van der Waals surface area contributed by atoms with Crippen molar-refractivity contribution in [3.05, 3.63) is 81.1 Å². The minimum absolute atomic E-state index is 0.216. The molecule has 0 saturated heterocycles. The zero-order valence-electron chi connectivity index (χ0n) is 15.7. The highest BCUT2D eigenvalue weighted by Gasteiger charge is 2.41. The van der Waals surface area contributed by atoms with Gasteiger partial charge >= 0.3 is 0 Å². The Labute approximate surface area is 177 Å². The molecule has 0 saturated carbocycles. The van der Waals surface area contributed by atoms with E-state index in [-0.39, 0.29) is 5.70 Å². The summed E-state index contributed by atoms with van der Waals surface area (Å²) >= 11 is 7.63. The van der Waals surface area contributed by atoms with Gasteiger partial charge < -0.3 is 10.1 Å². The van der Waals surface area contributed by atoms with E-state index in [1.807, 2.05) is 30.5 Å². The number of hydrogen-bond donors (Lipinski definition) is 1. The van der Waals surface area contributed by atoms with Crippen molar-refractivity contribution in [1.29, 1.82) is 0 Å². The molecule has 146 valence electrons. The number of imide groups is 1. The number of carbonyl (C=O) groups is 2. The van der Waals surface area contributed by atoms with Gasteiger partial charge in [-0.3, -0.25) is 9.59 Å². The molecule has 0 atom stereocenters. The van der Waals surface area contributed by atoms with Gasteiger partial charge in [0.15, 0.2) is 0 Å². The smallest absolute Gasteiger partial charge is 0.282 e. The molecule has 0 radical (unpaired) electrons. The van der Waals surface area contributed by atoms with E-state index in [1.165, 1.54) is 18.4 Å².